The molecule has 252 valence electrons. The maximum absolute atomic E-state index is 7.56. The van der Waals surface area contributed by atoms with Crippen LogP contribution in [0.5, 0.6) is 5.75 Å². The van der Waals surface area contributed by atoms with E-state index in [2.05, 4.69) is 182 Å². The summed E-state index contributed by atoms with van der Waals surface area (Å²) in [5.41, 5.74) is 10.3. The molecule has 0 amide bonds. The van der Waals surface area contributed by atoms with E-state index in [0.29, 0.717) is 0 Å². The molecular formula is C49H33NO2S. The summed E-state index contributed by atoms with van der Waals surface area (Å²) in [4.78, 5) is 2.44. The number of benzene rings is 7. The van der Waals surface area contributed by atoms with Crippen LogP contribution in [0, 0.1) is 0 Å². The summed E-state index contributed by atoms with van der Waals surface area (Å²) in [5.74, 6) is 1.67. The largest absolute Gasteiger partial charge is 0.479 e. The number of hydrogen-bond donors (Lipinski definition) is 0. The fourth-order valence-electron chi connectivity index (χ4n) is 8.84. The SMILES string of the molecule is CC12Oc3c(cccc3N(c3ccccc3-c3ccccc3)c3cccc4c3sc3ccccc34)C1=Cc1oc3ccccc3c1C2c1ccccc1. The smallest absolute Gasteiger partial charge is 0.152 e. The van der Waals surface area contributed by atoms with Crippen molar-refractivity contribution in [1.82, 2.24) is 0 Å². The summed E-state index contributed by atoms with van der Waals surface area (Å²) in [7, 11) is 0. The van der Waals surface area contributed by atoms with Gasteiger partial charge in [0.1, 0.15) is 16.9 Å². The van der Waals surface area contributed by atoms with E-state index in [9.17, 15) is 0 Å². The van der Waals surface area contributed by atoms with E-state index in [-0.39, 0.29) is 5.92 Å². The van der Waals surface area contributed by atoms with Gasteiger partial charge in [-0.05, 0) is 54.5 Å². The molecule has 1 aliphatic carbocycles. The molecule has 3 nitrogen and oxygen atoms in total. The number of fused-ring (bicyclic) bond motifs is 9. The summed E-state index contributed by atoms with van der Waals surface area (Å²) >= 11 is 1.85. The minimum absolute atomic E-state index is 0.0984. The van der Waals surface area contributed by atoms with E-state index in [0.717, 1.165) is 61.8 Å². The minimum atomic E-state index is -0.701. The molecule has 2 aliphatic rings. The lowest BCUT2D eigenvalue weighted by molar-refractivity contribution is 0.147. The van der Waals surface area contributed by atoms with Gasteiger partial charge in [-0.3, -0.25) is 0 Å². The summed E-state index contributed by atoms with van der Waals surface area (Å²) in [6, 6.07) is 60.6. The Morgan fingerprint density at radius 2 is 1.21 bits per heavy atom. The Balaban J connectivity index is 1.19. The Morgan fingerprint density at radius 3 is 2.08 bits per heavy atom. The highest BCUT2D eigenvalue weighted by molar-refractivity contribution is 7.26. The zero-order valence-electron chi connectivity index (χ0n) is 29.0. The molecule has 0 saturated heterocycles. The Labute approximate surface area is 311 Å². The third-order valence-electron chi connectivity index (χ3n) is 11.1. The van der Waals surface area contributed by atoms with Crippen LogP contribution in [-0.4, -0.2) is 5.60 Å². The van der Waals surface area contributed by atoms with Gasteiger partial charge in [-0.2, -0.15) is 0 Å². The molecule has 1 aliphatic heterocycles. The van der Waals surface area contributed by atoms with Crippen molar-refractivity contribution < 1.29 is 9.15 Å². The summed E-state index contributed by atoms with van der Waals surface area (Å²) in [5, 5.41) is 3.65. The lowest BCUT2D eigenvalue weighted by Gasteiger charge is -2.38. The van der Waals surface area contributed by atoms with E-state index < -0.39 is 5.60 Å². The fourth-order valence-corrected chi connectivity index (χ4v) is 10.1. The molecule has 9 aromatic rings. The molecule has 0 fully saturated rings. The second-order valence-electron chi connectivity index (χ2n) is 14.1. The van der Waals surface area contributed by atoms with Gasteiger partial charge in [-0.1, -0.05) is 140 Å². The monoisotopic (exact) mass is 699 g/mol. The van der Waals surface area contributed by atoms with E-state index in [1.54, 1.807) is 0 Å². The predicted molar refractivity (Wildman–Crippen MR) is 221 cm³/mol. The van der Waals surface area contributed by atoms with Crippen molar-refractivity contribution in [3.05, 3.63) is 192 Å². The molecule has 0 saturated carbocycles. The van der Waals surface area contributed by atoms with Gasteiger partial charge >= 0.3 is 0 Å². The van der Waals surface area contributed by atoms with Crippen LogP contribution >= 0.6 is 11.3 Å². The average molecular weight is 700 g/mol. The Hall–Kier alpha value is -6.36. The summed E-state index contributed by atoms with van der Waals surface area (Å²) in [6.45, 7) is 2.26. The number of furan rings is 1. The van der Waals surface area contributed by atoms with Crippen molar-refractivity contribution in [3.63, 3.8) is 0 Å². The molecule has 0 N–H and O–H groups in total. The molecule has 0 radical (unpaired) electrons. The molecule has 2 unspecified atom stereocenters. The quantitative estimate of drug-likeness (QED) is 0.179. The lowest BCUT2D eigenvalue weighted by atomic mass is 9.69. The number of ether oxygens (including phenoxy) is 1. The number of anilines is 3. The maximum atomic E-state index is 7.56. The highest BCUT2D eigenvalue weighted by Crippen LogP contribution is 2.61. The zero-order chi connectivity index (χ0) is 35.1. The van der Waals surface area contributed by atoms with Crippen molar-refractivity contribution in [2.24, 2.45) is 0 Å². The molecule has 4 heteroatoms. The molecule has 11 rings (SSSR count). The van der Waals surface area contributed by atoms with Crippen LogP contribution in [0.4, 0.5) is 17.1 Å². The van der Waals surface area contributed by atoms with Gasteiger partial charge in [0, 0.05) is 43.1 Å². The van der Waals surface area contributed by atoms with Crippen LogP contribution in [0.15, 0.2) is 174 Å². The number of para-hydroxylation sites is 3. The van der Waals surface area contributed by atoms with Gasteiger partial charge in [-0.25, -0.2) is 0 Å². The molecule has 7 aromatic carbocycles. The van der Waals surface area contributed by atoms with Gasteiger partial charge in [0.15, 0.2) is 5.75 Å². The summed E-state index contributed by atoms with van der Waals surface area (Å²) < 4.78 is 16.7. The van der Waals surface area contributed by atoms with Crippen LogP contribution in [0.1, 0.15) is 35.3 Å². The first-order valence-corrected chi connectivity index (χ1v) is 18.9. The normalized spacial score (nSPS) is 17.3. The van der Waals surface area contributed by atoms with Crippen molar-refractivity contribution in [1.29, 1.82) is 0 Å². The highest BCUT2D eigenvalue weighted by Gasteiger charge is 2.53. The topological polar surface area (TPSA) is 25.6 Å². The van der Waals surface area contributed by atoms with Crippen LogP contribution < -0.4 is 9.64 Å². The van der Waals surface area contributed by atoms with Crippen molar-refractivity contribution in [2.45, 2.75) is 18.4 Å². The third-order valence-corrected chi connectivity index (χ3v) is 12.3. The average Bonchev–Trinajstić information content (AvgIpc) is 3.87. The van der Waals surface area contributed by atoms with Gasteiger partial charge in [0.05, 0.1) is 27.7 Å². The van der Waals surface area contributed by atoms with Crippen LogP contribution in [0.3, 0.4) is 0 Å². The standard InChI is InChI=1S/C49H33NO2S/c1-49-38(30-43-45(37-22-9-12-28-42(37)51-43)46(49)32-18-6-3-7-19-32)36-24-15-26-40(47(36)52-49)50(39-25-11-8-20-33(39)31-16-4-2-5-17-31)41-27-14-23-35-34-21-10-13-29-44(34)53-48(35)41/h2-30,46H,1H3. The second kappa shape index (κ2) is 11.6. The molecule has 2 atom stereocenters. The zero-order valence-corrected chi connectivity index (χ0v) is 29.8. The molecular weight excluding hydrogens is 667 g/mol. The fraction of sp³-hybridized carbons (Fsp3) is 0.0612. The molecule has 0 spiro atoms. The number of thiophene rings is 1. The Morgan fingerprint density at radius 1 is 0.566 bits per heavy atom. The van der Waals surface area contributed by atoms with Gasteiger partial charge in [0.25, 0.3) is 0 Å². The second-order valence-corrected chi connectivity index (χ2v) is 15.2. The Kier molecular flexibility index (Phi) is 6.61. The Bertz CT molecular complexity index is 2900. The molecule has 0 bridgehead atoms. The number of hydrogen-bond acceptors (Lipinski definition) is 4. The van der Waals surface area contributed by atoms with E-state index in [1.807, 2.05) is 17.4 Å². The van der Waals surface area contributed by atoms with E-state index in [4.69, 9.17) is 9.15 Å². The van der Waals surface area contributed by atoms with Gasteiger partial charge in [0.2, 0.25) is 0 Å². The number of nitrogens with zero attached hydrogens (tertiary/aromatic N) is 1. The minimum Gasteiger partial charge on any atom is -0.479 e. The third kappa shape index (κ3) is 4.46. The predicted octanol–water partition coefficient (Wildman–Crippen LogP) is 13.8. The molecule has 3 heterocycles. The maximum Gasteiger partial charge on any atom is 0.152 e. The molecule has 53 heavy (non-hydrogen) atoms. The lowest BCUT2D eigenvalue weighted by Crippen LogP contribution is -2.39. The van der Waals surface area contributed by atoms with Crippen molar-refractivity contribution >= 4 is 71.2 Å². The first kappa shape index (κ1) is 30.3. The first-order chi connectivity index (χ1) is 26.2. The van der Waals surface area contributed by atoms with Gasteiger partial charge in [-0.15, -0.1) is 11.3 Å². The van der Waals surface area contributed by atoms with Crippen LogP contribution in [0.25, 0.3) is 53.9 Å². The number of rotatable bonds is 5. The van der Waals surface area contributed by atoms with Gasteiger partial charge < -0.3 is 14.1 Å². The highest BCUT2D eigenvalue weighted by atomic mass is 32.1. The van der Waals surface area contributed by atoms with E-state index in [1.165, 1.54) is 31.3 Å². The molecule has 2 aromatic heterocycles. The van der Waals surface area contributed by atoms with Crippen LogP contribution in [-0.2, 0) is 0 Å². The van der Waals surface area contributed by atoms with Crippen molar-refractivity contribution in [3.8, 4) is 16.9 Å². The first-order valence-electron chi connectivity index (χ1n) is 18.1. The van der Waals surface area contributed by atoms with Crippen molar-refractivity contribution in [2.75, 3.05) is 4.90 Å². The summed E-state index contributed by atoms with van der Waals surface area (Å²) in [6.07, 6.45) is 2.24. The van der Waals surface area contributed by atoms with E-state index >= 15 is 0 Å². The van der Waals surface area contributed by atoms with Crippen LogP contribution in [0.2, 0.25) is 0 Å².